The lowest BCUT2D eigenvalue weighted by Gasteiger charge is -2.07. The average molecular weight is 396 g/mol. The largest absolute Gasteiger partial charge is 0.459 e. The number of hydrogen-bond acceptors (Lipinski definition) is 2. The van der Waals surface area contributed by atoms with E-state index in [0.717, 1.165) is 22.3 Å². The second kappa shape index (κ2) is 6.73. The van der Waals surface area contributed by atoms with Gasteiger partial charge in [0.1, 0.15) is 11.5 Å². The molecular weight excluding hydrogens is 383 g/mol. The van der Waals surface area contributed by atoms with Gasteiger partial charge < -0.3 is 9.73 Å². The molecule has 3 aromatic rings. The Morgan fingerprint density at radius 1 is 0.958 bits per heavy atom. The first-order valence-electron chi connectivity index (χ1n) is 7.17. The van der Waals surface area contributed by atoms with Crippen molar-refractivity contribution in [1.82, 2.24) is 0 Å². The maximum Gasteiger partial charge on any atom is 0.416 e. The van der Waals surface area contributed by atoms with Gasteiger partial charge in [0.2, 0.25) is 0 Å². The van der Waals surface area contributed by atoms with Gasteiger partial charge in [-0.15, -0.1) is 0 Å². The molecule has 2 nitrogen and oxygen atoms in total. The summed E-state index contributed by atoms with van der Waals surface area (Å²) in [6, 6.07) is 16.2. The Hall–Kier alpha value is -2.21. The van der Waals surface area contributed by atoms with Crippen molar-refractivity contribution in [2.75, 3.05) is 5.32 Å². The van der Waals surface area contributed by atoms with Gasteiger partial charge in [0.05, 0.1) is 12.1 Å². The van der Waals surface area contributed by atoms with Crippen molar-refractivity contribution >= 4 is 21.6 Å². The Balaban J connectivity index is 1.72. The van der Waals surface area contributed by atoms with E-state index < -0.39 is 11.7 Å². The highest BCUT2D eigenvalue weighted by Gasteiger charge is 2.30. The van der Waals surface area contributed by atoms with Gasteiger partial charge in [0.15, 0.2) is 0 Å². The number of alkyl halides is 3. The maximum atomic E-state index is 12.8. The lowest BCUT2D eigenvalue weighted by Crippen LogP contribution is -2.04. The average Bonchev–Trinajstić information content (AvgIpc) is 3.03. The summed E-state index contributed by atoms with van der Waals surface area (Å²) in [6.45, 7) is 0.445. The SMILES string of the molecule is FC(F)(F)c1cccc(-c2ccc(CNc3ccc(Br)cc3)o2)c1. The van der Waals surface area contributed by atoms with Crippen molar-refractivity contribution in [2.24, 2.45) is 0 Å². The van der Waals surface area contributed by atoms with Crippen molar-refractivity contribution in [3.63, 3.8) is 0 Å². The first-order chi connectivity index (χ1) is 11.4. The molecule has 3 rings (SSSR count). The van der Waals surface area contributed by atoms with Gasteiger partial charge in [-0.25, -0.2) is 0 Å². The van der Waals surface area contributed by atoms with Crippen LogP contribution in [0.5, 0.6) is 0 Å². The Morgan fingerprint density at radius 3 is 2.42 bits per heavy atom. The molecule has 0 spiro atoms. The predicted octanol–water partition coefficient (Wildman–Crippen LogP) is 6.34. The van der Waals surface area contributed by atoms with E-state index in [1.807, 2.05) is 24.3 Å². The van der Waals surface area contributed by atoms with Crippen LogP contribution in [0, 0.1) is 0 Å². The molecule has 2 aromatic carbocycles. The first-order valence-corrected chi connectivity index (χ1v) is 7.97. The number of halogens is 4. The monoisotopic (exact) mass is 395 g/mol. The topological polar surface area (TPSA) is 25.2 Å². The zero-order valence-corrected chi connectivity index (χ0v) is 14.0. The number of benzene rings is 2. The van der Waals surface area contributed by atoms with Crippen LogP contribution in [0.1, 0.15) is 11.3 Å². The summed E-state index contributed by atoms with van der Waals surface area (Å²) in [5.74, 6) is 1.05. The van der Waals surface area contributed by atoms with Crippen LogP contribution >= 0.6 is 15.9 Å². The minimum Gasteiger partial charge on any atom is -0.459 e. The van der Waals surface area contributed by atoms with E-state index in [2.05, 4.69) is 21.2 Å². The third-order valence-corrected chi connectivity index (χ3v) is 3.98. The van der Waals surface area contributed by atoms with Gasteiger partial charge in [-0.1, -0.05) is 28.1 Å². The summed E-state index contributed by atoms with van der Waals surface area (Å²) in [4.78, 5) is 0. The summed E-state index contributed by atoms with van der Waals surface area (Å²) in [5, 5.41) is 3.19. The van der Waals surface area contributed by atoms with Crippen LogP contribution in [0.4, 0.5) is 18.9 Å². The molecule has 0 bridgehead atoms. The quantitative estimate of drug-likeness (QED) is 0.557. The molecule has 0 amide bonds. The van der Waals surface area contributed by atoms with Crippen molar-refractivity contribution in [1.29, 1.82) is 0 Å². The standard InChI is InChI=1S/C18H13BrF3NO/c19-14-4-6-15(7-5-14)23-11-16-8-9-17(24-16)12-2-1-3-13(10-12)18(20,21)22/h1-10,23H,11H2. The maximum absolute atomic E-state index is 12.8. The zero-order chi connectivity index (χ0) is 17.2. The highest BCUT2D eigenvalue weighted by molar-refractivity contribution is 9.10. The van der Waals surface area contributed by atoms with Crippen molar-refractivity contribution in [2.45, 2.75) is 12.7 Å². The molecule has 0 radical (unpaired) electrons. The normalized spacial score (nSPS) is 11.5. The minimum absolute atomic E-state index is 0.403. The number of furan rings is 1. The van der Waals surface area contributed by atoms with Crippen molar-refractivity contribution in [3.05, 3.63) is 76.5 Å². The van der Waals surface area contributed by atoms with E-state index in [9.17, 15) is 13.2 Å². The lowest BCUT2D eigenvalue weighted by atomic mass is 10.1. The molecule has 0 saturated carbocycles. The fourth-order valence-electron chi connectivity index (χ4n) is 2.23. The molecule has 0 fully saturated rings. The molecule has 1 N–H and O–H groups in total. The van der Waals surface area contributed by atoms with E-state index in [4.69, 9.17) is 4.42 Å². The van der Waals surface area contributed by atoms with Gasteiger partial charge in [-0.2, -0.15) is 13.2 Å². The molecule has 0 aliphatic rings. The Labute approximate surface area is 145 Å². The van der Waals surface area contributed by atoms with Crippen molar-refractivity contribution in [3.8, 4) is 11.3 Å². The van der Waals surface area contributed by atoms with E-state index in [1.54, 1.807) is 18.2 Å². The molecule has 0 unspecified atom stereocenters. The fraction of sp³-hybridized carbons (Fsp3) is 0.111. The third-order valence-electron chi connectivity index (χ3n) is 3.45. The number of nitrogens with one attached hydrogen (secondary N) is 1. The van der Waals surface area contributed by atoms with Gasteiger partial charge in [-0.05, 0) is 48.5 Å². The van der Waals surface area contributed by atoms with E-state index in [-0.39, 0.29) is 0 Å². The van der Waals surface area contributed by atoms with Crippen LogP contribution in [-0.4, -0.2) is 0 Å². The van der Waals surface area contributed by atoms with Crippen molar-refractivity contribution < 1.29 is 17.6 Å². The summed E-state index contributed by atoms with van der Waals surface area (Å²) < 4.78 is 45.0. The summed E-state index contributed by atoms with van der Waals surface area (Å²) in [6.07, 6.45) is -4.37. The number of hydrogen-bond donors (Lipinski definition) is 1. The van der Waals surface area contributed by atoms with Gasteiger partial charge in [-0.3, -0.25) is 0 Å². The molecule has 6 heteroatoms. The van der Waals surface area contributed by atoms with Gasteiger partial charge >= 0.3 is 6.18 Å². The van der Waals surface area contributed by atoms with Crippen LogP contribution in [0.15, 0.2) is 69.6 Å². The van der Waals surface area contributed by atoms with E-state index in [1.165, 1.54) is 6.07 Å². The predicted molar refractivity (Wildman–Crippen MR) is 90.6 cm³/mol. The Bertz CT molecular complexity index is 825. The van der Waals surface area contributed by atoms with Gasteiger partial charge in [0.25, 0.3) is 0 Å². The smallest absolute Gasteiger partial charge is 0.416 e. The minimum atomic E-state index is -4.37. The van der Waals surface area contributed by atoms with Gasteiger partial charge in [0, 0.05) is 15.7 Å². The van der Waals surface area contributed by atoms with Crippen LogP contribution < -0.4 is 5.32 Å². The Morgan fingerprint density at radius 2 is 1.71 bits per heavy atom. The summed E-state index contributed by atoms with van der Waals surface area (Å²) in [5.41, 5.74) is 0.640. The highest BCUT2D eigenvalue weighted by Crippen LogP contribution is 2.32. The summed E-state index contributed by atoms with van der Waals surface area (Å²) in [7, 11) is 0. The second-order valence-electron chi connectivity index (χ2n) is 5.20. The number of anilines is 1. The Kier molecular flexibility index (Phi) is 4.66. The lowest BCUT2D eigenvalue weighted by molar-refractivity contribution is -0.137. The van der Waals surface area contributed by atoms with E-state index in [0.29, 0.717) is 23.6 Å². The number of rotatable bonds is 4. The molecule has 1 aromatic heterocycles. The molecule has 1 heterocycles. The zero-order valence-electron chi connectivity index (χ0n) is 12.4. The van der Waals surface area contributed by atoms with Crippen LogP contribution in [0.3, 0.4) is 0 Å². The molecule has 24 heavy (non-hydrogen) atoms. The third kappa shape index (κ3) is 4.00. The van der Waals surface area contributed by atoms with Crippen LogP contribution in [-0.2, 0) is 12.7 Å². The molecule has 0 saturated heterocycles. The summed E-state index contributed by atoms with van der Waals surface area (Å²) >= 11 is 3.36. The van der Waals surface area contributed by atoms with E-state index >= 15 is 0 Å². The highest BCUT2D eigenvalue weighted by atomic mass is 79.9. The molecule has 0 aliphatic carbocycles. The second-order valence-corrected chi connectivity index (χ2v) is 6.12. The van der Waals surface area contributed by atoms with Crippen LogP contribution in [0.25, 0.3) is 11.3 Å². The molecular formula is C18H13BrF3NO. The molecule has 124 valence electrons. The first kappa shape index (κ1) is 16.6. The molecule has 0 aliphatic heterocycles. The van der Waals surface area contributed by atoms with Crippen LogP contribution in [0.2, 0.25) is 0 Å². The fourth-order valence-corrected chi connectivity index (χ4v) is 2.50. The molecule has 0 atom stereocenters.